The summed E-state index contributed by atoms with van der Waals surface area (Å²) in [6, 6.07) is 7.99. The Balaban J connectivity index is 0.000000203. The molecule has 0 unspecified atom stereocenters. The highest BCUT2D eigenvalue weighted by molar-refractivity contribution is 5.80. The summed E-state index contributed by atoms with van der Waals surface area (Å²) in [4.78, 5) is 20.7. The molecular formula is C12H13NO5. The predicted molar refractivity (Wildman–Crippen MR) is 65.2 cm³/mol. The fourth-order valence-electron chi connectivity index (χ4n) is 1.14. The van der Waals surface area contributed by atoms with Gasteiger partial charge >= 0.3 is 11.6 Å². The van der Waals surface area contributed by atoms with Crippen molar-refractivity contribution in [3.63, 3.8) is 0 Å². The molecule has 0 aliphatic carbocycles. The third-order valence-electron chi connectivity index (χ3n) is 2.12. The zero-order valence-corrected chi connectivity index (χ0v) is 9.45. The van der Waals surface area contributed by atoms with Crippen molar-refractivity contribution in [1.29, 1.82) is 0 Å². The van der Waals surface area contributed by atoms with Gasteiger partial charge in [-0.15, -0.1) is 0 Å². The van der Waals surface area contributed by atoms with E-state index in [1.54, 1.807) is 12.1 Å². The van der Waals surface area contributed by atoms with Gasteiger partial charge in [0.25, 0.3) is 0 Å². The highest BCUT2D eigenvalue weighted by Crippen LogP contribution is 2.06. The summed E-state index contributed by atoms with van der Waals surface area (Å²) >= 11 is 0. The molecular weight excluding hydrogens is 238 g/mol. The lowest BCUT2D eigenvalue weighted by Gasteiger charge is -1.96. The van der Waals surface area contributed by atoms with E-state index < -0.39 is 18.6 Å². The van der Waals surface area contributed by atoms with Crippen molar-refractivity contribution in [2.24, 2.45) is 5.73 Å². The first kappa shape index (κ1) is 13.9. The van der Waals surface area contributed by atoms with Crippen LogP contribution in [0.1, 0.15) is 0 Å². The van der Waals surface area contributed by atoms with Crippen molar-refractivity contribution in [1.82, 2.24) is 0 Å². The summed E-state index contributed by atoms with van der Waals surface area (Å²) in [7, 11) is 0. The van der Waals surface area contributed by atoms with Gasteiger partial charge in [-0.25, -0.2) is 4.79 Å². The first-order valence-corrected chi connectivity index (χ1v) is 5.12. The van der Waals surface area contributed by atoms with Crippen molar-refractivity contribution in [2.45, 2.75) is 6.04 Å². The number of hydrogen-bond acceptors (Lipinski definition) is 5. The smallest absolute Gasteiger partial charge is 0.343 e. The quantitative estimate of drug-likeness (QED) is 0.701. The Morgan fingerprint density at radius 3 is 2.50 bits per heavy atom. The molecule has 1 heterocycles. The van der Waals surface area contributed by atoms with Gasteiger partial charge in [0, 0.05) is 0 Å². The minimum Gasteiger partial charge on any atom is -0.480 e. The second-order valence-corrected chi connectivity index (χ2v) is 3.42. The van der Waals surface area contributed by atoms with Crippen LogP contribution in [0.4, 0.5) is 0 Å². The number of hydrogen-bond donors (Lipinski definition) is 3. The first-order valence-electron chi connectivity index (χ1n) is 5.12. The number of carboxylic acid groups (broad SMARTS) is 1. The van der Waals surface area contributed by atoms with Crippen LogP contribution in [-0.4, -0.2) is 28.8 Å². The highest BCUT2D eigenvalue weighted by atomic mass is 16.4. The Labute approximate surface area is 102 Å². The molecule has 2 rings (SSSR count). The van der Waals surface area contributed by atoms with Crippen molar-refractivity contribution in [3.8, 4) is 0 Å². The molecule has 2 aromatic rings. The molecule has 6 nitrogen and oxygen atoms in total. The van der Waals surface area contributed by atoms with Gasteiger partial charge in [0.1, 0.15) is 6.04 Å². The molecule has 1 aromatic heterocycles. The third kappa shape index (κ3) is 3.69. The summed E-state index contributed by atoms with van der Waals surface area (Å²) in [5, 5.41) is 17.5. The maximum Gasteiger partial charge on any atom is 0.343 e. The van der Waals surface area contributed by atoms with Crippen LogP contribution < -0.4 is 11.4 Å². The molecule has 1 atom stereocenters. The summed E-state index contributed by atoms with van der Waals surface area (Å²) < 4.78 is 4.68. The van der Waals surface area contributed by atoms with Crippen molar-refractivity contribution in [2.75, 3.05) is 6.61 Å². The van der Waals surface area contributed by atoms with Crippen LogP contribution in [-0.2, 0) is 4.79 Å². The molecule has 18 heavy (non-hydrogen) atoms. The Hall–Kier alpha value is -2.18. The Kier molecular flexibility index (Phi) is 5.04. The van der Waals surface area contributed by atoms with E-state index in [9.17, 15) is 9.59 Å². The molecule has 0 saturated carbocycles. The van der Waals surface area contributed by atoms with Crippen LogP contribution in [0.25, 0.3) is 10.8 Å². The Morgan fingerprint density at radius 2 is 2.00 bits per heavy atom. The molecule has 0 aliphatic heterocycles. The molecule has 96 valence electrons. The van der Waals surface area contributed by atoms with E-state index in [1.807, 2.05) is 18.2 Å². The number of carbonyl (C=O) groups is 1. The van der Waals surface area contributed by atoms with Crippen LogP contribution in [0.15, 0.2) is 45.8 Å². The van der Waals surface area contributed by atoms with Crippen LogP contribution in [0, 0.1) is 0 Å². The van der Waals surface area contributed by atoms with Gasteiger partial charge in [0.05, 0.1) is 18.3 Å². The van der Waals surface area contributed by atoms with Gasteiger partial charge in [-0.1, -0.05) is 18.2 Å². The van der Waals surface area contributed by atoms with E-state index in [2.05, 4.69) is 4.42 Å². The number of fused-ring (bicyclic) bond motifs is 1. The summed E-state index contributed by atoms with van der Waals surface area (Å²) in [5.41, 5.74) is 4.49. The molecule has 0 aliphatic rings. The molecule has 0 saturated heterocycles. The monoisotopic (exact) mass is 251 g/mol. The molecule has 4 N–H and O–H groups in total. The SMILES string of the molecule is N[C@@H](CO)C(=O)O.O=c1occc2ccccc12. The van der Waals surface area contributed by atoms with E-state index in [-0.39, 0.29) is 5.63 Å². The van der Waals surface area contributed by atoms with Gasteiger partial charge in [-0.2, -0.15) is 0 Å². The number of aliphatic hydroxyl groups excluding tert-OH is 1. The number of rotatable bonds is 2. The average Bonchev–Trinajstić information content (AvgIpc) is 2.39. The molecule has 0 amide bonds. The van der Waals surface area contributed by atoms with Crippen molar-refractivity contribution >= 4 is 16.7 Å². The lowest BCUT2D eigenvalue weighted by atomic mass is 10.2. The number of carboxylic acids is 1. The van der Waals surface area contributed by atoms with Crippen molar-refractivity contribution in [3.05, 3.63) is 47.0 Å². The molecule has 0 fully saturated rings. The first-order chi connectivity index (χ1) is 8.56. The number of aliphatic carboxylic acids is 1. The van der Waals surface area contributed by atoms with Crippen molar-refractivity contribution < 1.29 is 19.4 Å². The Morgan fingerprint density at radius 1 is 1.33 bits per heavy atom. The number of nitrogens with two attached hydrogens (primary N) is 1. The average molecular weight is 251 g/mol. The second kappa shape index (κ2) is 6.53. The lowest BCUT2D eigenvalue weighted by molar-refractivity contribution is -0.139. The minimum atomic E-state index is -1.18. The fourth-order valence-corrected chi connectivity index (χ4v) is 1.14. The topological polar surface area (TPSA) is 114 Å². The van der Waals surface area contributed by atoms with Gasteiger partial charge in [-0.3, -0.25) is 4.79 Å². The van der Waals surface area contributed by atoms with Gasteiger partial charge in [0.15, 0.2) is 0 Å². The standard InChI is InChI=1S/C9H6O2.C3H7NO3/c10-9-8-4-2-1-3-7(8)5-6-11-9;4-2(1-5)3(6)7/h1-6H;2,5H,1,4H2,(H,6,7)/t;2-/m.0/s1. The molecule has 6 heteroatoms. The largest absolute Gasteiger partial charge is 0.480 e. The fraction of sp³-hybridized carbons (Fsp3) is 0.167. The van der Waals surface area contributed by atoms with E-state index in [4.69, 9.17) is 15.9 Å². The predicted octanol–water partition coefficient (Wildman–Crippen LogP) is 0.184. The zero-order chi connectivity index (χ0) is 13.5. The summed E-state index contributed by atoms with van der Waals surface area (Å²) in [5.74, 6) is -1.18. The normalized spacial score (nSPS) is 11.4. The molecule has 0 spiro atoms. The Bertz CT molecular complexity index is 572. The maximum absolute atomic E-state index is 11.0. The zero-order valence-electron chi connectivity index (χ0n) is 9.45. The maximum atomic E-state index is 11.0. The second-order valence-electron chi connectivity index (χ2n) is 3.42. The number of benzene rings is 1. The van der Waals surface area contributed by atoms with Gasteiger partial charge in [0.2, 0.25) is 0 Å². The van der Waals surface area contributed by atoms with E-state index >= 15 is 0 Å². The number of aliphatic hydroxyl groups is 1. The van der Waals surface area contributed by atoms with E-state index in [0.29, 0.717) is 5.39 Å². The molecule has 0 radical (unpaired) electrons. The highest BCUT2D eigenvalue weighted by Gasteiger charge is 2.07. The van der Waals surface area contributed by atoms with Crippen LogP contribution in [0.3, 0.4) is 0 Å². The van der Waals surface area contributed by atoms with Crippen LogP contribution in [0.2, 0.25) is 0 Å². The van der Waals surface area contributed by atoms with Gasteiger partial charge in [-0.05, 0) is 17.5 Å². The van der Waals surface area contributed by atoms with E-state index in [0.717, 1.165) is 5.39 Å². The van der Waals surface area contributed by atoms with E-state index in [1.165, 1.54) is 6.26 Å². The summed E-state index contributed by atoms with van der Waals surface area (Å²) in [6.45, 7) is -0.505. The van der Waals surface area contributed by atoms with Crippen LogP contribution in [0.5, 0.6) is 0 Å². The lowest BCUT2D eigenvalue weighted by Crippen LogP contribution is -2.33. The molecule has 1 aromatic carbocycles. The van der Waals surface area contributed by atoms with Crippen LogP contribution >= 0.6 is 0 Å². The van der Waals surface area contributed by atoms with Gasteiger partial charge < -0.3 is 20.4 Å². The summed E-state index contributed by atoms with van der Waals surface area (Å²) in [6.07, 6.45) is 1.41. The third-order valence-corrected chi connectivity index (χ3v) is 2.12. The minimum absolute atomic E-state index is 0.275. The molecule has 0 bridgehead atoms.